The molecule has 4 heterocycles. The van der Waals surface area contributed by atoms with E-state index in [-0.39, 0.29) is 35.2 Å². The van der Waals surface area contributed by atoms with Crippen LogP contribution in [0.1, 0.15) is 41.8 Å². The molecule has 6 rings (SSSR count). The van der Waals surface area contributed by atoms with E-state index in [0.717, 1.165) is 16.8 Å². The standard InChI is InChI=1S/C32H31F3N8O4/c1-4-47-31(46)41-13-11-40(12-14-41)30(45)20(3)42-18-26(19(2)38-42)37-29(44)25-17-28-36-24(16-27(32(33,34)35)43(28)39-25)23-10-9-21-7-5-6-8-22(21)15-23/h5-10,15-18,20H,4,11-14H2,1-3H3,(H,37,44). The van der Waals surface area contributed by atoms with Gasteiger partial charge in [0.05, 0.1) is 23.7 Å². The van der Waals surface area contributed by atoms with Crippen molar-refractivity contribution in [1.82, 2.24) is 34.2 Å². The Balaban J connectivity index is 1.21. The number of amides is 3. The van der Waals surface area contributed by atoms with Gasteiger partial charge in [0.1, 0.15) is 6.04 Å². The maximum absolute atomic E-state index is 14.2. The molecule has 47 heavy (non-hydrogen) atoms. The topological polar surface area (TPSA) is 127 Å². The molecule has 1 aliphatic heterocycles. The molecule has 0 spiro atoms. The van der Waals surface area contributed by atoms with Gasteiger partial charge in [0.15, 0.2) is 17.0 Å². The summed E-state index contributed by atoms with van der Waals surface area (Å²) in [5.74, 6) is -0.991. The summed E-state index contributed by atoms with van der Waals surface area (Å²) in [6, 6.07) is 14.1. The fraction of sp³-hybridized carbons (Fsp3) is 0.312. The van der Waals surface area contributed by atoms with E-state index in [1.165, 1.54) is 16.9 Å². The summed E-state index contributed by atoms with van der Waals surface area (Å²) in [5, 5.41) is 12.8. The normalized spacial score (nSPS) is 14.4. The maximum atomic E-state index is 14.2. The molecule has 5 aromatic rings. The third-order valence-electron chi connectivity index (χ3n) is 8.03. The molecule has 0 saturated carbocycles. The van der Waals surface area contributed by atoms with Crippen LogP contribution in [0.4, 0.5) is 23.7 Å². The highest BCUT2D eigenvalue weighted by molar-refractivity contribution is 6.03. The Morgan fingerprint density at radius 3 is 2.36 bits per heavy atom. The number of rotatable bonds is 6. The molecule has 1 saturated heterocycles. The SMILES string of the molecule is CCOC(=O)N1CCN(C(=O)C(C)n2cc(NC(=O)c3cc4nc(-c5ccc6ccccc6c5)cc(C(F)(F)F)n4n3)c(C)n2)CC1. The smallest absolute Gasteiger partial charge is 0.433 e. The van der Waals surface area contributed by atoms with Crippen molar-refractivity contribution >= 4 is 40.0 Å². The van der Waals surface area contributed by atoms with E-state index >= 15 is 0 Å². The Labute approximate surface area is 266 Å². The number of hydrogen-bond donors (Lipinski definition) is 1. The predicted octanol–water partition coefficient (Wildman–Crippen LogP) is 5.19. The number of hydrogen-bond acceptors (Lipinski definition) is 7. The molecule has 1 N–H and O–H groups in total. The van der Waals surface area contributed by atoms with Gasteiger partial charge >= 0.3 is 12.3 Å². The molecule has 0 bridgehead atoms. The zero-order valence-electron chi connectivity index (χ0n) is 25.8. The highest BCUT2D eigenvalue weighted by Crippen LogP contribution is 2.33. The average molecular weight is 649 g/mol. The maximum Gasteiger partial charge on any atom is 0.433 e. The Kier molecular flexibility index (Phi) is 8.30. The Hall–Kier alpha value is -5.47. The molecule has 15 heteroatoms. The predicted molar refractivity (Wildman–Crippen MR) is 166 cm³/mol. The first-order chi connectivity index (χ1) is 22.4. The third kappa shape index (κ3) is 6.33. The quantitative estimate of drug-likeness (QED) is 0.269. The molecule has 3 amide bonds. The summed E-state index contributed by atoms with van der Waals surface area (Å²) in [5.41, 5.74) is -0.292. The van der Waals surface area contributed by atoms with Gasteiger partial charge in [0, 0.05) is 44.0 Å². The van der Waals surface area contributed by atoms with E-state index in [2.05, 4.69) is 20.5 Å². The number of piperazine rings is 1. The fourth-order valence-corrected chi connectivity index (χ4v) is 5.47. The first kappa shape index (κ1) is 31.5. The number of halogens is 3. The summed E-state index contributed by atoms with van der Waals surface area (Å²) < 4.78 is 49.6. The zero-order valence-corrected chi connectivity index (χ0v) is 25.8. The number of alkyl halides is 3. The van der Waals surface area contributed by atoms with Crippen LogP contribution in [0.3, 0.4) is 0 Å². The summed E-state index contributed by atoms with van der Waals surface area (Å²) in [7, 11) is 0. The number of benzene rings is 2. The van der Waals surface area contributed by atoms with Gasteiger partial charge in [0.2, 0.25) is 5.91 Å². The van der Waals surface area contributed by atoms with Crippen LogP contribution in [-0.4, -0.2) is 84.9 Å². The van der Waals surface area contributed by atoms with Crippen LogP contribution in [0.15, 0.2) is 60.8 Å². The second kappa shape index (κ2) is 12.4. The van der Waals surface area contributed by atoms with Gasteiger partial charge in [-0.1, -0.05) is 36.4 Å². The van der Waals surface area contributed by atoms with Crippen molar-refractivity contribution < 1.29 is 32.3 Å². The second-order valence-corrected chi connectivity index (χ2v) is 11.1. The van der Waals surface area contributed by atoms with Crippen LogP contribution < -0.4 is 5.32 Å². The van der Waals surface area contributed by atoms with E-state index < -0.39 is 29.9 Å². The van der Waals surface area contributed by atoms with E-state index in [1.54, 1.807) is 42.7 Å². The molecule has 0 radical (unpaired) electrons. The van der Waals surface area contributed by atoms with Crippen molar-refractivity contribution in [2.45, 2.75) is 33.0 Å². The minimum absolute atomic E-state index is 0.0838. The Bertz CT molecular complexity index is 2000. The van der Waals surface area contributed by atoms with Gasteiger partial charge in [-0.2, -0.15) is 23.4 Å². The van der Waals surface area contributed by atoms with Gasteiger partial charge in [-0.3, -0.25) is 14.3 Å². The molecule has 1 aliphatic rings. The molecule has 1 unspecified atom stereocenters. The molecule has 2 aromatic carbocycles. The van der Waals surface area contributed by atoms with Crippen molar-refractivity contribution in [1.29, 1.82) is 0 Å². The van der Waals surface area contributed by atoms with Gasteiger partial charge in [0.25, 0.3) is 5.91 Å². The summed E-state index contributed by atoms with van der Waals surface area (Å²) in [6.07, 6.45) is -3.71. The number of nitrogens with one attached hydrogen (secondary N) is 1. The fourth-order valence-electron chi connectivity index (χ4n) is 5.47. The van der Waals surface area contributed by atoms with Crippen molar-refractivity contribution in [3.63, 3.8) is 0 Å². The summed E-state index contributed by atoms with van der Waals surface area (Å²) >= 11 is 0. The molecule has 244 valence electrons. The molecule has 1 atom stereocenters. The minimum atomic E-state index is -4.78. The highest BCUT2D eigenvalue weighted by atomic mass is 19.4. The van der Waals surface area contributed by atoms with Crippen molar-refractivity contribution in [3.05, 3.63) is 77.9 Å². The van der Waals surface area contributed by atoms with Crippen LogP contribution in [0, 0.1) is 6.92 Å². The number of fused-ring (bicyclic) bond motifs is 2. The molecular formula is C32H31F3N8O4. The average Bonchev–Trinajstić information content (AvgIpc) is 3.66. The van der Waals surface area contributed by atoms with Crippen molar-refractivity contribution in [3.8, 4) is 11.3 Å². The third-order valence-corrected chi connectivity index (χ3v) is 8.03. The number of anilines is 1. The number of aromatic nitrogens is 5. The van der Waals surface area contributed by atoms with Crippen LogP contribution in [-0.2, 0) is 15.7 Å². The number of aryl methyl sites for hydroxylation is 1. The monoisotopic (exact) mass is 648 g/mol. The number of nitrogens with zero attached hydrogens (tertiary/aromatic N) is 7. The lowest BCUT2D eigenvalue weighted by Gasteiger charge is -2.35. The lowest BCUT2D eigenvalue weighted by molar-refractivity contribution is -0.142. The van der Waals surface area contributed by atoms with E-state index in [4.69, 9.17) is 4.74 Å². The largest absolute Gasteiger partial charge is 0.450 e. The van der Waals surface area contributed by atoms with Gasteiger partial charge in [-0.25, -0.2) is 14.3 Å². The van der Waals surface area contributed by atoms with Crippen molar-refractivity contribution in [2.24, 2.45) is 0 Å². The lowest BCUT2D eigenvalue weighted by Crippen LogP contribution is -2.52. The van der Waals surface area contributed by atoms with Gasteiger partial charge in [-0.05, 0) is 43.7 Å². The summed E-state index contributed by atoms with van der Waals surface area (Å²) in [6.45, 7) is 6.62. The van der Waals surface area contributed by atoms with Crippen molar-refractivity contribution in [2.75, 3.05) is 38.1 Å². The lowest BCUT2D eigenvalue weighted by atomic mass is 10.0. The molecular weight excluding hydrogens is 617 g/mol. The van der Waals surface area contributed by atoms with Crippen LogP contribution in [0.2, 0.25) is 0 Å². The number of carbonyl (C=O) groups excluding carboxylic acids is 3. The molecule has 1 fully saturated rings. The Morgan fingerprint density at radius 1 is 0.957 bits per heavy atom. The second-order valence-electron chi connectivity index (χ2n) is 11.1. The van der Waals surface area contributed by atoms with Crippen LogP contribution in [0.5, 0.6) is 0 Å². The minimum Gasteiger partial charge on any atom is -0.450 e. The Morgan fingerprint density at radius 2 is 1.66 bits per heavy atom. The number of ether oxygens (including phenoxy) is 1. The van der Waals surface area contributed by atoms with E-state index in [0.29, 0.717) is 42.0 Å². The highest BCUT2D eigenvalue weighted by Gasteiger charge is 2.36. The first-order valence-corrected chi connectivity index (χ1v) is 15.0. The van der Waals surface area contributed by atoms with Crippen LogP contribution in [0.25, 0.3) is 27.7 Å². The van der Waals surface area contributed by atoms with E-state index in [9.17, 15) is 27.6 Å². The number of carbonyl (C=O) groups is 3. The molecule has 3 aromatic heterocycles. The summed E-state index contributed by atoms with van der Waals surface area (Å²) in [4.78, 5) is 46.0. The van der Waals surface area contributed by atoms with Gasteiger partial charge < -0.3 is 19.9 Å². The van der Waals surface area contributed by atoms with E-state index in [1.807, 2.05) is 30.3 Å². The zero-order chi connectivity index (χ0) is 33.5. The molecule has 0 aliphatic carbocycles. The molecule has 12 nitrogen and oxygen atoms in total. The van der Waals surface area contributed by atoms with Crippen LogP contribution >= 0.6 is 0 Å². The van der Waals surface area contributed by atoms with Gasteiger partial charge in [-0.15, -0.1) is 0 Å². The first-order valence-electron chi connectivity index (χ1n) is 15.0.